The van der Waals surface area contributed by atoms with Gasteiger partial charge < -0.3 is 12.4 Å². The molecule has 0 atom stereocenters. The first-order valence-corrected chi connectivity index (χ1v) is 12.6. The van der Waals surface area contributed by atoms with Crippen LogP contribution in [0, 0.1) is 0 Å². The van der Waals surface area contributed by atoms with Gasteiger partial charge in [-0.1, -0.05) is 98.7 Å². The molecule has 0 saturated heterocycles. The lowest BCUT2D eigenvalue weighted by Gasteiger charge is -2.21. The summed E-state index contributed by atoms with van der Waals surface area (Å²) in [4.78, 5) is 4.13. The van der Waals surface area contributed by atoms with Gasteiger partial charge in [-0.15, -0.1) is 0 Å². The summed E-state index contributed by atoms with van der Waals surface area (Å²) >= 11 is 0. The van der Waals surface area contributed by atoms with E-state index >= 15 is 0 Å². The van der Waals surface area contributed by atoms with Gasteiger partial charge in [0.2, 0.25) is 0 Å². The molecule has 0 bridgehead atoms. The van der Waals surface area contributed by atoms with Crippen LogP contribution in [-0.4, -0.2) is 0 Å². The van der Waals surface area contributed by atoms with Gasteiger partial charge in [0, 0.05) is 0 Å². The van der Waals surface area contributed by atoms with Gasteiger partial charge in [0.05, 0.1) is 10.9 Å². The van der Waals surface area contributed by atoms with Crippen molar-refractivity contribution >= 4 is 10.9 Å². The van der Waals surface area contributed by atoms with E-state index in [9.17, 15) is 0 Å². The fourth-order valence-corrected chi connectivity index (χ4v) is 5.72. The van der Waals surface area contributed by atoms with E-state index in [4.69, 9.17) is 0 Å². The van der Waals surface area contributed by atoms with Crippen LogP contribution < -0.4 is 12.4 Å². The Balaban J connectivity index is 0.00000363. The fraction of sp³-hybridized carbons (Fsp3) is 0.400. The van der Waals surface area contributed by atoms with Gasteiger partial charge in [-0.25, -0.2) is 0 Å². The fourth-order valence-electron chi connectivity index (χ4n) is 3.68. The summed E-state index contributed by atoms with van der Waals surface area (Å²) < 4.78 is 0. The van der Waals surface area contributed by atoms with Crippen molar-refractivity contribution in [1.29, 1.82) is 0 Å². The second-order valence-electron chi connectivity index (χ2n) is 11.6. The summed E-state index contributed by atoms with van der Waals surface area (Å²) in [5.41, 5.74) is 4.64. The van der Waals surface area contributed by atoms with Crippen molar-refractivity contribution in [3.63, 3.8) is 0 Å². The molecule has 0 unspecified atom stereocenters. The van der Waals surface area contributed by atoms with Crippen molar-refractivity contribution in [2.75, 3.05) is 0 Å². The molecule has 0 aromatic heterocycles. The van der Waals surface area contributed by atoms with Crippen LogP contribution in [0.5, 0.6) is 0 Å². The minimum Gasteiger partial charge on any atom is -1.00 e. The number of hydrogen-bond donors (Lipinski definition) is 0. The zero-order valence-corrected chi connectivity index (χ0v) is 22.8. The first-order valence-electron chi connectivity index (χ1n) is 11.3. The summed E-state index contributed by atoms with van der Waals surface area (Å²) in [7, 11) is -0.120. The maximum atomic E-state index is 2.33. The van der Waals surface area contributed by atoms with Crippen molar-refractivity contribution in [1.82, 2.24) is 0 Å². The smallest absolute Gasteiger partial charge is 0.166 e. The minimum absolute atomic E-state index is 0. The number of rotatable bonds is 3. The molecule has 0 saturated carbocycles. The van der Waals surface area contributed by atoms with E-state index in [-0.39, 0.29) is 39.5 Å². The quantitative estimate of drug-likeness (QED) is 0.435. The van der Waals surface area contributed by atoms with Gasteiger partial charge in [0.25, 0.3) is 0 Å². The van der Waals surface area contributed by atoms with Crippen molar-refractivity contribution in [2.45, 2.75) is 93.2 Å². The second kappa shape index (κ2) is 9.65. The third kappa shape index (κ3) is 6.21. The predicted octanol–water partition coefficient (Wildman–Crippen LogP) is 5.68. The van der Waals surface area contributed by atoms with Crippen molar-refractivity contribution < 1.29 is 12.4 Å². The Morgan fingerprint density at radius 2 is 0.562 bits per heavy atom. The topological polar surface area (TPSA) is 0 Å². The van der Waals surface area contributed by atoms with E-state index in [0.717, 1.165) is 0 Å². The standard InChI is InChI=1S/C30H39S.ClH/c1-28(2,3)22-10-16-25(17-11-22)31(26-18-12-23(13-19-26)29(4,5)6)27-20-14-24(15-21-27)30(7,8)9;/h10-21H,1-9H3;1H/q+1;/p-1. The van der Waals surface area contributed by atoms with E-state index in [2.05, 4.69) is 135 Å². The normalized spacial score (nSPS) is 12.6. The molecule has 0 radical (unpaired) electrons. The Morgan fingerprint density at radius 3 is 0.719 bits per heavy atom. The molecule has 3 rings (SSSR count). The lowest BCUT2D eigenvalue weighted by molar-refractivity contribution is -0.00000767. The Kier molecular flexibility index (Phi) is 8.01. The predicted molar refractivity (Wildman–Crippen MR) is 138 cm³/mol. The molecule has 0 aliphatic heterocycles. The molecular weight excluding hydrogens is 428 g/mol. The maximum Gasteiger partial charge on any atom is 0.166 e. The molecule has 2 heteroatoms. The van der Waals surface area contributed by atoms with Gasteiger partial charge >= 0.3 is 0 Å². The van der Waals surface area contributed by atoms with Crippen LogP contribution >= 0.6 is 0 Å². The number of halogens is 1. The van der Waals surface area contributed by atoms with Gasteiger partial charge in [-0.05, 0) is 69.3 Å². The van der Waals surface area contributed by atoms with E-state index in [1.807, 2.05) is 0 Å². The van der Waals surface area contributed by atoms with Crippen LogP contribution in [0.1, 0.15) is 79.0 Å². The Bertz CT molecular complexity index is 857. The largest absolute Gasteiger partial charge is 1.00 e. The van der Waals surface area contributed by atoms with Gasteiger partial charge in [-0.3, -0.25) is 0 Å². The van der Waals surface area contributed by atoms with Crippen LogP contribution in [0.25, 0.3) is 0 Å². The van der Waals surface area contributed by atoms with E-state index in [1.165, 1.54) is 31.4 Å². The zero-order valence-electron chi connectivity index (χ0n) is 21.2. The van der Waals surface area contributed by atoms with Gasteiger partial charge in [0.1, 0.15) is 0 Å². The molecule has 0 amide bonds. The Labute approximate surface area is 205 Å². The summed E-state index contributed by atoms with van der Waals surface area (Å²) in [5, 5.41) is 0. The van der Waals surface area contributed by atoms with Crippen molar-refractivity contribution in [3.05, 3.63) is 89.5 Å². The first kappa shape index (κ1) is 26.6. The molecular formula is C30H39ClS. The van der Waals surface area contributed by atoms with Crippen LogP contribution in [0.3, 0.4) is 0 Å². The molecule has 32 heavy (non-hydrogen) atoms. The highest BCUT2D eigenvalue weighted by Gasteiger charge is 2.30. The maximum absolute atomic E-state index is 2.33. The monoisotopic (exact) mass is 466 g/mol. The molecule has 3 aromatic rings. The average Bonchev–Trinajstić information content (AvgIpc) is 2.67. The highest BCUT2D eigenvalue weighted by Crippen LogP contribution is 2.35. The van der Waals surface area contributed by atoms with E-state index in [0.29, 0.717) is 0 Å². The van der Waals surface area contributed by atoms with Crippen molar-refractivity contribution in [2.24, 2.45) is 0 Å². The number of benzene rings is 3. The van der Waals surface area contributed by atoms with Crippen molar-refractivity contribution in [3.8, 4) is 0 Å². The summed E-state index contributed by atoms with van der Waals surface area (Å²) in [6, 6.07) is 27.8. The van der Waals surface area contributed by atoms with Crippen LogP contribution in [-0.2, 0) is 27.1 Å². The highest BCUT2D eigenvalue weighted by molar-refractivity contribution is 7.97. The summed E-state index contributed by atoms with van der Waals surface area (Å²) in [6.45, 7) is 20.5. The molecule has 172 valence electrons. The second-order valence-corrected chi connectivity index (χ2v) is 13.7. The van der Waals surface area contributed by atoms with E-state index in [1.54, 1.807) is 0 Å². The molecule has 0 heterocycles. The van der Waals surface area contributed by atoms with Crippen LogP contribution in [0.2, 0.25) is 0 Å². The molecule has 0 aliphatic rings. The Morgan fingerprint density at radius 1 is 0.375 bits per heavy atom. The highest BCUT2D eigenvalue weighted by atomic mass is 35.5. The molecule has 0 spiro atoms. The van der Waals surface area contributed by atoms with Gasteiger partial charge in [-0.2, -0.15) is 0 Å². The van der Waals surface area contributed by atoms with Gasteiger partial charge in [0.15, 0.2) is 14.7 Å². The SMILES string of the molecule is CC(C)(C)c1ccc([S+](c2ccc(C(C)(C)C)cc2)c2ccc(C(C)(C)C)cc2)cc1.[Cl-]. The van der Waals surface area contributed by atoms with E-state index < -0.39 is 0 Å². The first-order chi connectivity index (χ1) is 14.3. The lowest BCUT2D eigenvalue weighted by atomic mass is 9.87. The molecule has 0 aliphatic carbocycles. The molecule has 3 aromatic carbocycles. The van der Waals surface area contributed by atoms with Crippen LogP contribution in [0.15, 0.2) is 87.5 Å². The molecule has 0 N–H and O–H groups in total. The molecule has 0 nitrogen and oxygen atoms in total. The average molecular weight is 467 g/mol. The van der Waals surface area contributed by atoms with Crippen LogP contribution in [0.4, 0.5) is 0 Å². The minimum atomic E-state index is -0.120. The third-order valence-electron chi connectivity index (χ3n) is 5.87. The summed E-state index contributed by atoms with van der Waals surface area (Å²) in [6.07, 6.45) is 0. The number of hydrogen-bond acceptors (Lipinski definition) is 0. The molecule has 0 fully saturated rings. The Hall–Kier alpha value is -1.70. The lowest BCUT2D eigenvalue weighted by Crippen LogP contribution is -3.00. The summed E-state index contributed by atoms with van der Waals surface area (Å²) in [5.74, 6) is 0. The third-order valence-corrected chi connectivity index (χ3v) is 8.10. The zero-order chi connectivity index (χ0) is 23.0.